The standard InChI is InChI=1S/C29H32N2O2S/c1-17-13-22-23(29(5,6)12-11-28(22,3)4)15-19(17)14-21-8-9-25(33-21)27(32)31-20-7-10-26-24(16-20)30-18(2)34-26/h7-10,13,15-16H,11-12,14H2,1-6H3,(H,31,32). The molecule has 176 valence electrons. The average Bonchev–Trinajstić information content (AvgIpc) is 3.38. The van der Waals surface area contributed by atoms with Crippen molar-refractivity contribution in [2.24, 2.45) is 0 Å². The minimum Gasteiger partial charge on any atom is -0.456 e. The molecule has 0 bridgehead atoms. The van der Waals surface area contributed by atoms with Gasteiger partial charge in [0.2, 0.25) is 0 Å². The van der Waals surface area contributed by atoms with Crippen molar-refractivity contribution in [2.75, 3.05) is 5.32 Å². The van der Waals surface area contributed by atoms with Crippen LogP contribution in [0.2, 0.25) is 0 Å². The maximum Gasteiger partial charge on any atom is 0.291 e. The minimum atomic E-state index is -0.248. The second-order valence-electron chi connectivity index (χ2n) is 10.9. The second-order valence-corrected chi connectivity index (χ2v) is 12.1. The first kappa shape index (κ1) is 22.9. The first-order chi connectivity index (χ1) is 16.0. The molecule has 1 aliphatic carbocycles. The van der Waals surface area contributed by atoms with Gasteiger partial charge in [-0.1, -0.05) is 39.8 Å². The van der Waals surface area contributed by atoms with E-state index in [1.165, 1.54) is 35.1 Å². The zero-order chi connectivity index (χ0) is 24.3. The van der Waals surface area contributed by atoms with E-state index in [0.717, 1.165) is 26.7 Å². The summed E-state index contributed by atoms with van der Waals surface area (Å²) < 4.78 is 7.09. The third kappa shape index (κ3) is 4.18. The molecule has 0 spiro atoms. The molecule has 0 unspecified atom stereocenters. The number of nitrogens with zero attached hydrogens (tertiary/aromatic N) is 1. The van der Waals surface area contributed by atoms with Gasteiger partial charge in [0.1, 0.15) is 5.76 Å². The van der Waals surface area contributed by atoms with Gasteiger partial charge in [0.15, 0.2) is 5.76 Å². The Kier molecular flexibility index (Phi) is 5.44. The molecule has 1 amide bonds. The van der Waals surface area contributed by atoms with Gasteiger partial charge in [0.25, 0.3) is 5.91 Å². The molecule has 2 heterocycles. The van der Waals surface area contributed by atoms with Crippen molar-refractivity contribution in [1.82, 2.24) is 4.98 Å². The van der Waals surface area contributed by atoms with Gasteiger partial charge >= 0.3 is 0 Å². The highest BCUT2D eigenvalue weighted by molar-refractivity contribution is 7.18. The van der Waals surface area contributed by atoms with Crippen molar-refractivity contribution in [3.8, 4) is 0 Å². The molecule has 4 nitrogen and oxygen atoms in total. The number of rotatable bonds is 4. The minimum absolute atomic E-state index is 0.165. The zero-order valence-corrected chi connectivity index (χ0v) is 21.7. The Morgan fingerprint density at radius 2 is 1.71 bits per heavy atom. The molecule has 34 heavy (non-hydrogen) atoms. The van der Waals surface area contributed by atoms with Crippen molar-refractivity contribution in [3.63, 3.8) is 0 Å². The summed E-state index contributed by atoms with van der Waals surface area (Å²) in [6, 6.07) is 14.2. The summed E-state index contributed by atoms with van der Waals surface area (Å²) in [6.45, 7) is 13.6. The number of carbonyl (C=O) groups excluding carboxylic acids is 1. The second kappa shape index (κ2) is 8.09. The fraction of sp³-hybridized carbons (Fsp3) is 0.379. The van der Waals surface area contributed by atoms with Crippen LogP contribution in [0.1, 0.15) is 84.1 Å². The van der Waals surface area contributed by atoms with Gasteiger partial charge in [-0.3, -0.25) is 4.79 Å². The molecule has 4 aromatic rings. The van der Waals surface area contributed by atoms with Crippen LogP contribution in [0.25, 0.3) is 10.2 Å². The van der Waals surface area contributed by atoms with Gasteiger partial charge in [-0.25, -0.2) is 4.98 Å². The molecular formula is C29H32N2O2S. The number of anilines is 1. The molecule has 2 aromatic heterocycles. The summed E-state index contributed by atoms with van der Waals surface area (Å²) in [6.07, 6.45) is 3.07. The Morgan fingerprint density at radius 3 is 2.44 bits per heavy atom. The number of hydrogen-bond donors (Lipinski definition) is 1. The summed E-state index contributed by atoms with van der Waals surface area (Å²) in [4.78, 5) is 17.3. The Bertz CT molecular complexity index is 1410. The van der Waals surface area contributed by atoms with E-state index in [-0.39, 0.29) is 16.7 Å². The topological polar surface area (TPSA) is 55.1 Å². The monoisotopic (exact) mass is 472 g/mol. The number of aryl methyl sites for hydroxylation is 2. The van der Waals surface area contributed by atoms with Crippen LogP contribution >= 0.6 is 11.3 Å². The van der Waals surface area contributed by atoms with Gasteiger partial charge in [-0.15, -0.1) is 11.3 Å². The van der Waals surface area contributed by atoms with Gasteiger partial charge in [-0.2, -0.15) is 0 Å². The predicted molar refractivity (Wildman–Crippen MR) is 140 cm³/mol. The van der Waals surface area contributed by atoms with Crippen molar-refractivity contribution in [1.29, 1.82) is 0 Å². The highest BCUT2D eigenvalue weighted by Gasteiger charge is 2.37. The number of thiazole rings is 1. The molecular weight excluding hydrogens is 440 g/mol. The molecule has 0 aliphatic heterocycles. The van der Waals surface area contributed by atoms with E-state index in [2.05, 4.69) is 57.1 Å². The van der Waals surface area contributed by atoms with Crippen molar-refractivity contribution in [3.05, 3.63) is 81.2 Å². The number of furan rings is 1. The summed E-state index contributed by atoms with van der Waals surface area (Å²) in [7, 11) is 0. The number of hydrogen-bond acceptors (Lipinski definition) is 4. The normalized spacial score (nSPS) is 16.4. The average molecular weight is 473 g/mol. The number of benzene rings is 2. The molecule has 0 saturated heterocycles. The van der Waals surface area contributed by atoms with Crippen LogP contribution in [0, 0.1) is 13.8 Å². The first-order valence-electron chi connectivity index (χ1n) is 11.9. The van der Waals surface area contributed by atoms with Crippen LogP contribution in [0.3, 0.4) is 0 Å². The predicted octanol–water partition coefficient (Wildman–Crippen LogP) is 7.70. The lowest BCUT2D eigenvalue weighted by molar-refractivity contribution is 0.0995. The number of aromatic nitrogens is 1. The summed E-state index contributed by atoms with van der Waals surface area (Å²) in [5.41, 5.74) is 7.43. The molecule has 0 radical (unpaired) electrons. The maximum absolute atomic E-state index is 12.8. The molecule has 2 aromatic carbocycles. The van der Waals surface area contributed by atoms with E-state index >= 15 is 0 Å². The van der Waals surface area contributed by atoms with Crippen LogP contribution in [0.15, 0.2) is 46.9 Å². The van der Waals surface area contributed by atoms with Crippen LogP contribution in [-0.4, -0.2) is 10.9 Å². The zero-order valence-electron chi connectivity index (χ0n) is 20.8. The lowest BCUT2D eigenvalue weighted by Crippen LogP contribution is -2.34. The van der Waals surface area contributed by atoms with Gasteiger partial charge < -0.3 is 9.73 Å². The van der Waals surface area contributed by atoms with Crippen LogP contribution in [0.5, 0.6) is 0 Å². The summed E-state index contributed by atoms with van der Waals surface area (Å²) >= 11 is 1.65. The number of nitrogens with one attached hydrogen (secondary N) is 1. The lowest BCUT2D eigenvalue weighted by atomic mass is 9.62. The molecule has 1 aliphatic rings. The summed E-state index contributed by atoms with van der Waals surface area (Å²) in [5, 5.41) is 3.95. The van der Waals surface area contributed by atoms with Crippen LogP contribution in [-0.2, 0) is 17.3 Å². The highest BCUT2D eigenvalue weighted by atomic mass is 32.1. The summed E-state index contributed by atoms with van der Waals surface area (Å²) in [5.74, 6) is 0.871. The first-order valence-corrected chi connectivity index (χ1v) is 12.8. The van der Waals surface area contributed by atoms with E-state index in [0.29, 0.717) is 12.2 Å². The maximum atomic E-state index is 12.8. The molecule has 0 atom stereocenters. The molecule has 5 rings (SSSR count). The Morgan fingerprint density at radius 1 is 1.00 bits per heavy atom. The van der Waals surface area contributed by atoms with Crippen LogP contribution < -0.4 is 5.32 Å². The fourth-order valence-corrected chi connectivity index (χ4v) is 5.86. The smallest absolute Gasteiger partial charge is 0.291 e. The van der Waals surface area contributed by atoms with E-state index in [1.807, 2.05) is 31.2 Å². The van der Waals surface area contributed by atoms with E-state index in [9.17, 15) is 4.79 Å². The largest absolute Gasteiger partial charge is 0.456 e. The fourth-order valence-electron chi connectivity index (χ4n) is 5.05. The van der Waals surface area contributed by atoms with Crippen molar-refractivity contribution >= 4 is 33.1 Å². The van der Waals surface area contributed by atoms with Crippen molar-refractivity contribution < 1.29 is 9.21 Å². The van der Waals surface area contributed by atoms with E-state index < -0.39 is 0 Å². The lowest BCUT2D eigenvalue weighted by Gasteiger charge is -2.42. The van der Waals surface area contributed by atoms with E-state index in [4.69, 9.17) is 4.42 Å². The van der Waals surface area contributed by atoms with Gasteiger partial charge in [-0.05, 0) is 90.1 Å². The van der Waals surface area contributed by atoms with Gasteiger partial charge in [0, 0.05) is 12.1 Å². The molecule has 5 heteroatoms. The Balaban J connectivity index is 1.36. The van der Waals surface area contributed by atoms with Gasteiger partial charge in [0.05, 0.1) is 15.2 Å². The quantitative estimate of drug-likeness (QED) is 0.331. The number of carbonyl (C=O) groups is 1. The van der Waals surface area contributed by atoms with Crippen molar-refractivity contribution in [2.45, 2.75) is 71.6 Å². The third-order valence-electron chi connectivity index (χ3n) is 7.31. The highest BCUT2D eigenvalue weighted by Crippen LogP contribution is 2.46. The third-order valence-corrected chi connectivity index (χ3v) is 8.26. The van der Waals surface area contributed by atoms with Crippen LogP contribution in [0.4, 0.5) is 5.69 Å². The number of amides is 1. The van der Waals surface area contributed by atoms with E-state index in [1.54, 1.807) is 17.4 Å². The Labute approximate surface area is 205 Å². The SMILES string of the molecule is Cc1nc2cc(NC(=O)c3ccc(Cc4cc5c(cc4C)C(C)(C)CCC5(C)C)o3)ccc2s1. The number of fused-ring (bicyclic) bond motifs is 2. The molecule has 0 fully saturated rings. The molecule has 1 N–H and O–H groups in total. The molecule has 0 saturated carbocycles. The Hall–Kier alpha value is -2.92.